The number of rotatable bonds is 6. The number of hydrogen-bond donors (Lipinski definition) is 2. The summed E-state index contributed by atoms with van der Waals surface area (Å²) in [5, 5.41) is 6.82. The maximum absolute atomic E-state index is 11.6. The number of ether oxygens (including phenoxy) is 1. The van der Waals surface area contributed by atoms with Gasteiger partial charge < -0.3 is 10.1 Å². The van der Waals surface area contributed by atoms with Gasteiger partial charge in [0.1, 0.15) is 6.61 Å². The van der Waals surface area contributed by atoms with Crippen LogP contribution in [0, 0.1) is 0 Å². The van der Waals surface area contributed by atoms with Crippen LogP contribution in [0.3, 0.4) is 0 Å². The number of nitrogens with one attached hydrogen (secondary N) is 2. The van der Waals surface area contributed by atoms with Crippen molar-refractivity contribution in [1.82, 2.24) is 10.3 Å². The van der Waals surface area contributed by atoms with Crippen molar-refractivity contribution in [2.24, 2.45) is 0 Å². The molecule has 2 rings (SSSR count). The van der Waals surface area contributed by atoms with Gasteiger partial charge in [-0.05, 0) is 38.3 Å². The van der Waals surface area contributed by atoms with Gasteiger partial charge in [0.2, 0.25) is 0 Å². The van der Waals surface area contributed by atoms with Gasteiger partial charge in [0.05, 0.1) is 0 Å². The summed E-state index contributed by atoms with van der Waals surface area (Å²) in [5.74, 6) is 0.459. The zero-order chi connectivity index (χ0) is 13.5. The van der Waals surface area contributed by atoms with Crippen LogP contribution in [0.25, 0.3) is 0 Å². The lowest BCUT2D eigenvalue weighted by Crippen LogP contribution is -2.26. The van der Waals surface area contributed by atoms with Crippen molar-refractivity contribution >= 4 is 22.4 Å². The molecule has 0 unspecified atom stereocenters. The summed E-state index contributed by atoms with van der Waals surface area (Å²) < 4.78 is 5.20. The third-order valence-electron chi connectivity index (χ3n) is 3.09. The lowest BCUT2D eigenvalue weighted by molar-refractivity contribution is -0.120. The van der Waals surface area contributed by atoms with E-state index in [2.05, 4.69) is 15.6 Å². The van der Waals surface area contributed by atoms with E-state index >= 15 is 0 Å². The highest BCUT2D eigenvalue weighted by Gasteiger charge is 2.18. The first-order chi connectivity index (χ1) is 9.29. The van der Waals surface area contributed by atoms with Gasteiger partial charge >= 0.3 is 0 Å². The fourth-order valence-corrected chi connectivity index (χ4v) is 3.11. The fraction of sp³-hybridized carbons (Fsp3) is 0.692. The molecule has 0 aliphatic carbocycles. The number of carbonyl (C=O) groups excluding carboxylic acids is 1. The zero-order valence-electron chi connectivity index (χ0n) is 11.3. The van der Waals surface area contributed by atoms with Crippen molar-refractivity contribution in [2.75, 3.05) is 31.6 Å². The minimum absolute atomic E-state index is 0.107. The van der Waals surface area contributed by atoms with E-state index < -0.39 is 0 Å². The lowest BCUT2D eigenvalue weighted by Gasteiger charge is -2.20. The molecular weight excluding hydrogens is 262 g/mol. The van der Waals surface area contributed by atoms with Crippen LogP contribution < -0.4 is 10.6 Å². The molecule has 1 amide bonds. The van der Waals surface area contributed by atoms with Gasteiger partial charge in [-0.25, -0.2) is 4.98 Å². The molecule has 0 bridgehead atoms. The van der Waals surface area contributed by atoms with Crippen LogP contribution in [0.4, 0.5) is 5.13 Å². The monoisotopic (exact) mass is 283 g/mol. The summed E-state index contributed by atoms with van der Waals surface area (Å²) in [4.78, 5) is 17.1. The number of piperidine rings is 1. The number of aromatic nitrogens is 1. The third-order valence-corrected chi connectivity index (χ3v) is 4.17. The van der Waals surface area contributed by atoms with Crippen LogP contribution in [0.15, 0.2) is 6.20 Å². The van der Waals surface area contributed by atoms with Gasteiger partial charge in [-0.3, -0.25) is 10.1 Å². The standard InChI is InChI=1S/C13H21N3O2S/c1-2-7-18-9-12(17)16-13-15-8-11(19-13)10-3-5-14-6-4-10/h8,10,14H,2-7,9H2,1H3,(H,15,16,17). The first-order valence-corrected chi connectivity index (χ1v) is 7.65. The van der Waals surface area contributed by atoms with E-state index in [0.717, 1.165) is 32.4 Å². The Morgan fingerprint density at radius 2 is 2.37 bits per heavy atom. The van der Waals surface area contributed by atoms with Gasteiger partial charge in [0, 0.05) is 17.7 Å². The second kappa shape index (κ2) is 7.57. The fourth-order valence-electron chi connectivity index (χ4n) is 2.10. The highest BCUT2D eigenvalue weighted by Crippen LogP contribution is 2.31. The van der Waals surface area contributed by atoms with Crippen molar-refractivity contribution in [1.29, 1.82) is 0 Å². The number of amides is 1. The van der Waals surface area contributed by atoms with E-state index in [1.807, 2.05) is 13.1 Å². The van der Waals surface area contributed by atoms with Crippen LogP contribution in [0.2, 0.25) is 0 Å². The van der Waals surface area contributed by atoms with Crippen molar-refractivity contribution < 1.29 is 9.53 Å². The Morgan fingerprint density at radius 1 is 1.58 bits per heavy atom. The highest BCUT2D eigenvalue weighted by atomic mass is 32.1. The van der Waals surface area contributed by atoms with Crippen LogP contribution in [0.5, 0.6) is 0 Å². The second-order valence-electron chi connectivity index (χ2n) is 4.69. The zero-order valence-corrected chi connectivity index (χ0v) is 12.1. The molecule has 2 heterocycles. The van der Waals surface area contributed by atoms with Crippen LogP contribution in [0.1, 0.15) is 37.0 Å². The molecule has 1 saturated heterocycles. The largest absolute Gasteiger partial charge is 0.372 e. The van der Waals surface area contributed by atoms with Crippen LogP contribution in [-0.4, -0.2) is 37.2 Å². The minimum atomic E-state index is -0.125. The molecule has 1 aromatic heterocycles. The van der Waals surface area contributed by atoms with E-state index in [0.29, 0.717) is 17.7 Å². The Kier molecular flexibility index (Phi) is 5.75. The summed E-state index contributed by atoms with van der Waals surface area (Å²) in [7, 11) is 0. The van der Waals surface area contributed by atoms with Crippen molar-refractivity contribution in [3.8, 4) is 0 Å². The van der Waals surface area contributed by atoms with E-state index in [1.54, 1.807) is 11.3 Å². The Balaban J connectivity index is 1.81. The lowest BCUT2D eigenvalue weighted by atomic mass is 9.97. The van der Waals surface area contributed by atoms with Crippen LogP contribution >= 0.6 is 11.3 Å². The average Bonchev–Trinajstić information content (AvgIpc) is 2.88. The molecule has 1 aliphatic rings. The van der Waals surface area contributed by atoms with E-state index in [1.165, 1.54) is 4.88 Å². The smallest absolute Gasteiger partial charge is 0.252 e. The third kappa shape index (κ3) is 4.56. The van der Waals surface area contributed by atoms with Crippen molar-refractivity contribution in [3.05, 3.63) is 11.1 Å². The molecule has 0 atom stereocenters. The predicted octanol–water partition coefficient (Wildman–Crippen LogP) is 1.98. The van der Waals surface area contributed by atoms with Gasteiger partial charge in [0.15, 0.2) is 5.13 Å². The first-order valence-electron chi connectivity index (χ1n) is 6.83. The van der Waals surface area contributed by atoms with E-state index in [9.17, 15) is 4.79 Å². The maximum Gasteiger partial charge on any atom is 0.252 e. The SMILES string of the molecule is CCCOCC(=O)Nc1ncc(C2CCNCC2)s1. The molecule has 1 fully saturated rings. The highest BCUT2D eigenvalue weighted by molar-refractivity contribution is 7.15. The number of anilines is 1. The van der Waals surface area contributed by atoms with Crippen molar-refractivity contribution in [2.45, 2.75) is 32.1 Å². The molecule has 19 heavy (non-hydrogen) atoms. The molecule has 0 saturated carbocycles. The number of hydrogen-bond acceptors (Lipinski definition) is 5. The molecule has 0 radical (unpaired) electrons. The van der Waals surface area contributed by atoms with Crippen molar-refractivity contribution in [3.63, 3.8) is 0 Å². The summed E-state index contributed by atoms with van der Waals surface area (Å²) in [5.41, 5.74) is 0. The molecule has 0 spiro atoms. The number of thiazole rings is 1. The Morgan fingerprint density at radius 3 is 3.11 bits per heavy atom. The van der Waals surface area contributed by atoms with Gasteiger partial charge in [-0.2, -0.15) is 0 Å². The van der Waals surface area contributed by atoms with Crippen LogP contribution in [-0.2, 0) is 9.53 Å². The van der Waals surface area contributed by atoms with E-state index in [-0.39, 0.29) is 12.5 Å². The molecule has 0 aromatic carbocycles. The normalized spacial score (nSPS) is 16.5. The number of nitrogens with zero attached hydrogens (tertiary/aromatic N) is 1. The molecule has 106 valence electrons. The predicted molar refractivity (Wildman–Crippen MR) is 76.7 cm³/mol. The van der Waals surface area contributed by atoms with Gasteiger partial charge in [0.25, 0.3) is 5.91 Å². The number of carbonyl (C=O) groups is 1. The Labute approximate surface area is 117 Å². The summed E-state index contributed by atoms with van der Waals surface area (Å²) >= 11 is 1.58. The summed E-state index contributed by atoms with van der Waals surface area (Å²) in [6.07, 6.45) is 5.11. The second-order valence-corrected chi connectivity index (χ2v) is 5.76. The molecule has 1 aliphatic heterocycles. The maximum atomic E-state index is 11.6. The minimum Gasteiger partial charge on any atom is -0.372 e. The topological polar surface area (TPSA) is 63.2 Å². The molecular formula is C13H21N3O2S. The first kappa shape index (κ1) is 14.4. The Bertz CT molecular complexity index is 402. The quantitative estimate of drug-likeness (QED) is 0.784. The van der Waals surface area contributed by atoms with E-state index in [4.69, 9.17) is 4.74 Å². The van der Waals surface area contributed by atoms with Gasteiger partial charge in [-0.1, -0.05) is 6.92 Å². The summed E-state index contributed by atoms with van der Waals surface area (Å²) in [6.45, 7) is 4.87. The molecule has 2 N–H and O–H groups in total. The average molecular weight is 283 g/mol. The summed E-state index contributed by atoms with van der Waals surface area (Å²) in [6, 6.07) is 0. The van der Waals surface area contributed by atoms with Gasteiger partial charge in [-0.15, -0.1) is 11.3 Å². The molecule has 5 nitrogen and oxygen atoms in total. The molecule has 1 aromatic rings. The Hall–Kier alpha value is -0.980. The molecule has 6 heteroatoms.